The number of likely N-dealkylation sites (tertiary alicyclic amines) is 1. The smallest absolute Gasteiger partial charge is 0.251 e. The first-order valence-corrected chi connectivity index (χ1v) is 10.7. The number of amides is 1. The molecule has 1 aromatic heterocycles. The maximum Gasteiger partial charge on any atom is 0.251 e. The maximum absolute atomic E-state index is 14.6. The van der Waals surface area contributed by atoms with Crippen LogP contribution in [0.3, 0.4) is 0 Å². The molecule has 0 bridgehead atoms. The third-order valence-corrected chi connectivity index (χ3v) is 5.95. The molecule has 1 aromatic carbocycles. The number of hydrogen-bond acceptors (Lipinski definition) is 3. The lowest BCUT2D eigenvalue weighted by molar-refractivity contribution is 0.0950. The predicted molar refractivity (Wildman–Crippen MR) is 110 cm³/mol. The Morgan fingerprint density at radius 2 is 2.07 bits per heavy atom. The molecular weight excluding hydrogens is 385 g/mol. The van der Waals surface area contributed by atoms with Crippen LogP contribution in [0.1, 0.15) is 47.8 Å². The van der Waals surface area contributed by atoms with Crippen LogP contribution in [-0.2, 0) is 13.1 Å². The molecule has 0 spiro atoms. The Labute approximate surface area is 169 Å². The van der Waals surface area contributed by atoms with Crippen LogP contribution in [0.25, 0.3) is 0 Å². The van der Waals surface area contributed by atoms with Gasteiger partial charge in [-0.15, -0.1) is 0 Å². The second-order valence-corrected chi connectivity index (χ2v) is 8.32. The first kappa shape index (κ1) is 20.2. The van der Waals surface area contributed by atoms with Crippen LogP contribution >= 0.6 is 23.5 Å². The van der Waals surface area contributed by atoms with E-state index < -0.39 is 5.82 Å². The summed E-state index contributed by atoms with van der Waals surface area (Å²) in [6, 6.07) is 6.76. The molecule has 1 amide bonds. The molecule has 1 aliphatic heterocycles. The Bertz CT molecular complexity index is 766. The summed E-state index contributed by atoms with van der Waals surface area (Å²) in [5.41, 5.74) is 1.72. The average molecular weight is 410 g/mol. The topological polar surface area (TPSA) is 37.3 Å². The van der Waals surface area contributed by atoms with Gasteiger partial charge in [0.15, 0.2) is 0 Å². The highest BCUT2D eigenvalue weighted by Crippen LogP contribution is 2.25. The van der Waals surface area contributed by atoms with E-state index in [2.05, 4.69) is 17.1 Å². The van der Waals surface area contributed by atoms with Gasteiger partial charge in [0.2, 0.25) is 0 Å². The van der Waals surface area contributed by atoms with Gasteiger partial charge in [0, 0.05) is 40.3 Å². The predicted octanol–water partition coefficient (Wildman–Crippen LogP) is 4.71. The van der Waals surface area contributed by atoms with Crippen molar-refractivity contribution in [1.82, 2.24) is 14.2 Å². The second-order valence-electron chi connectivity index (χ2n) is 6.68. The van der Waals surface area contributed by atoms with Crippen molar-refractivity contribution in [2.24, 2.45) is 0 Å². The van der Waals surface area contributed by atoms with Crippen molar-refractivity contribution in [2.45, 2.75) is 39.3 Å². The zero-order valence-corrected chi connectivity index (χ0v) is 17.1. The van der Waals surface area contributed by atoms with Gasteiger partial charge in [0.25, 0.3) is 5.91 Å². The number of piperidine rings is 1. The van der Waals surface area contributed by atoms with Crippen LogP contribution < -0.4 is 5.32 Å². The normalized spacial score (nSPS) is 15.1. The van der Waals surface area contributed by atoms with E-state index in [1.54, 1.807) is 18.0 Å². The van der Waals surface area contributed by atoms with E-state index >= 15 is 0 Å². The van der Waals surface area contributed by atoms with Gasteiger partial charge in [-0.25, -0.2) is 4.39 Å². The van der Waals surface area contributed by atoms with E-state index in [4.69, 9.17) is 11.6 Å². The SMILES string of the molecule is CCSn1cccc1CNC(=O)c1cc(F)c(CN2CCCCC2)c(Cl)c1. The number of rotatable bonds is 7. The van der Waals surface area contributed by atoms with Gasteiger partial charge in [-0.2, -0.15) is 0 Å². The number of nitrogens with zero attached hydrogens (tertiary/aromatic N) is 2. The van der Waals surface area contributed by atoms with Crippen LogP contribution in [0.4, 0.5) is 4.39 Å². The fourth-order valence-electron chi connectivity index (χ4n) is 3.30. The maximum atomic E-state index is 14.6. The molecule has 146 valence electrons. The van der Waals surface area contributed by atoms with Crippen molar-refractivity contribution >= 4 is 29.5 Å². The van der Waals surface area contributed by atoms with Crippen molar-refractivity contribution in [3.8, 4) is 0 Å². The second kappa shape index (κ2) is 9.62. The number of carbonyl (C=O) groups is 1. The summed E-state index contributed by atoms with van der Waals surface area (Å²) < 4.78 is 16.6. The van der Waals surface area contributed by atoms with Crippen LogP contribution in [0.2, 0.25) is 5.02 Å². The summed E-state index contributed by atoms with van der Waals surface area (Å²) in [6.07, 6.45) is 5.46. The van der Waals surface area contributed by atoms with E-state index in [1.807, 2.05) is 22.3 Å². The van der Waals surface area contributed by atoms with Gasteiger partial charge in [0.05, 0.1) is 6.54 Å². The van der Waals surface area contributed by atoms with Gasteiger partial charge in [-0.1, -0.05) is 24.9 Å². The van der Waals surface area contributed by atoms with E-state index in [9.17, 15) is 9.18 Å². The zero-order chi connectivity index (χ0) is 19.2. The van der Waals surface area contributed by atoms with E-state index in [0.717, 1.165) is 37.4 Å². The third kappa shape index (κ3) is 5.27. The Morgan fingerprint density at radius 3 is 2.78 bits per heavy atom. The molecule has 7 heteroatoms. The molecule has 1 saturated heterocycles. The van der Waals surface area contributed by atoms with Crippen molar-refractivity contribution in [3.05, 3.63) is 58.1 Å². The fraction of sp³-hybridized carbons (Fsp3) is 0.450. The zero-order valence-electron chi connectivity index (χ0n) is 15.5. The first-order valence-electron chi connectivity index (χ1n) is 9.36. The summed E-state index contributed by atoms with van der Waals surface area (Å²) in [5.74, 6) is 0.201. The quantitative estimate of drug-likeness (QED) is 0.719. The van der Waals surface area contributed by atoms with Crippen LogP contribution in [-0.4, -0.2) is 33.6 Å². The molecule has 2 heterocycles. The van der Waals surface area contributed by atoms with Gasteiger partial charge < -0.3 is 5.32 Å². The molecule has 1 aliphatic rings. The van der Waals surface area contributed by atoms with Crippen molar-refractivity contribution in [1.29, 1.82) is 0 Å². The minimum Gasteiger partial charge on any atom is -0.346 e. The van der Waals surface area contributed by atoms with Gasteiger partial charge >= 0.3 is 0 Å². The molecule has 27 heavy (non-hydrogen) atoms. The highest BCUT2D eigenvalue weighted by atomic mass is 35.5. The third-order valence-electron chi connectivity index (χ3n) is 4.73. The lowest BCUT2D eigenvalue weighted by atomic mass is 10.1. The summed E-state index contributed by atoms with van der Waals surface area (Å²) in [4.78, 5) is 14.7. The summed E-state index contributed by atoms with van der Waals surface area (Å²) in [7, 11) is 0. The molecule has 1 N–H and O–H groups in total. The molecule has 0 atom stereocenters. The number of nitrogens with one attached hydrogen (secondary N) is 1. The number of carbonyl (C=O) groups excluding carboxylic acids is 1. The van der Waals surface area contributed by atoms with Crippen molar-refractivity contribution in [3.63, 3.8) is 0 Å². The van der Waals surface area contributed by atoms with Gasteiger partial charge in [-0.05, 0) is 62.1 Å². The molecule has 0 aliphatic carbocycles. The molecule has 1 fully saturated rings. The molecule has 0 unspecified atom stereocenters. The monoisotopic (exact) mass is 409 g/mol. The lowest BCUT2D eigenvalue weighted by Gasteiger charge is -2.27. The van der Waals surface area contributed by atoms with Crippen molar-refractivity contribution in [2.75, 3.05) is 18.8 Å². The summed E-state index contributed by atoms with van der Waals surface area (Å²) in [5, 5.41) is 3.16. The number of benzene rings is 1. The van der Waals surface area contributed by atoms with E-state index in [-0.39, 0.29) is 11.5 Å². The Balaban J connectivity index is 1.65. The van der Waals surface area contributed by atoms with E-state index in [1.165, 1.54) is 12.5 Å². The molecular formula is C20H25ClFN3OS. The Kier molecular flexibility index (Phi) is 7.21. The number of halogens is 2. The van der Waals surface area contributed by atoms with Gasteiger partial charge in [0.1, 0.15) is 5.82 Å². The largest absolute Gasteiger partial charge is 0.346 e. The molecule has 3 rings (SSSR count). The van der Waals surface area contributed by atoms with Crippen LogP contribution in [0.5, 0.6) is 0 Å². The number of hydrogen-bond donors (Lipinski definition) is 1. The van der Waals surface area contributed by atoms with Crippen molar-refractivity contribution < 1.29 is 9.18 Å². The first-order chi connectivity index (χ1) is 13.1. The molecule has 0 radical (unpaired) electrons. The Hall–Kier alpha value is -1.50. The van der Waals surface area contributed by atoms with E-state index in [0.29, 0.717) is 23.7 Å². The molecule has 0 saturated carbocycles. The van der Waals surface area contributed by atoms with Crippen LogP contribution in [0, 0.1) is 5.82 Å². The number of aromatic nitrogens is 1. The Morgan fingerprint density at radius 1 is 1.30 bits per heavy atom. The highest BCUT2D eigenvalue weighted by molar-refractivity contribution is 7.97. The van der Waals surface area contributed by atoms with Gasteiger partial charge in [-0.3, -0.25) is 13.7 Å². The standard InChI is InChI=1S/C20H25ClFN3OS/c1-2-27-25-10-6-7-16(25)13-23-20(26)15-11-18(21)17(19(22)12-15)14-24-8-4-3-5-9-24/h6-7,10-12H,2-5,8-9,13-14H2,1H3,(H,23,26). The fourth-order valence-corrected chi connectivity index (χ4v) is 4.30. The lowest BCUT2D eigenvalue weighted by Crippen LogP contribution is -2.30. The minimum atomic E-state index is -0.414. The van der Waals surface area contributed by atoms with Crippen LogP contribution in [0.15, 0.2) is 30.5 Å². The minimum absolute atomic E-state index is 0.251. The molecule has 2 aromatic rings. The summed E-state index contributed by atoms with van der Waals surface area (Å²) >= 11 is 7.97. The summed E-state index contributed by atoms with van der Waals surface area (Å²) in [6.45, 7) is 4.88. The average Bonchev–Trinajstić information content (AvgIpc) is 3.11. The highest BCUT2D eigenvalue weighted by Gasteiger charge is 2.18. The molecule has 4 nitrogen and oxygen atoms in total.